The molecule has 1 saturated carbocycles. The van der Waals surface area contributed by atoms with Gasteiger partial charge in [0.15, 0.2) is 0 Å². The van der Waals surface area contributed by atoms with Crippen LogP contribution in [-0.2, 0) is 4.79 Å². The number of unbranched alkanes of at least 4 members (excludes halogenated alkanes) is 14. The van der Waals surface area contributed by atoms with Crippen molar-refractivity contribution in [2.45, 2.75) is 142 Å². The fourth-order valence-corrected chi connectivity index (χ4v) is 4.39. The highest BCUT2D eigenvalue weighted by Crippen LogP contribution is 2.22. The summed E-state index contributed by atoms with van der Waals surface area (Å²) in [5.74, 6) is 1.04. The van der Waals surface area contributed by atoms with Gasteiger partial charge in [0.05, 0.1) is 0 Å². The number of nitrogens with one attached hydrogen (secondary N) is 1. The van der Waals surface area contributed by atoms with Gasteiger partial charge in [-0.15, -0.1) is 0 Å². The van der Waals surface area contributed by atoms with Crippen LogP contribution in [0.1, 0.15) is 142 Å². The molecule has 0 spiro atoms. The van der Waals surface area contributed by atoms with Gasteiger partial charge in [0.2, 0.25) is 5.91 Å². The van der Waals surface area contributed by atoms with Crippen molar-refractivity contribution >= 4 is 5.91 Å². The van der Waals surface area contributed by atoms with Gasteiger partial charge in [-0.25, -0.2) is 0 Å². The lowest BCUT2D eigenvalue weighted by molar-refractivity contribution is -0.121. The standard InChI is InChI=1S/C25H49NO/c1-2-3-4-5-6-7-8-9-10-11-12-13-14-15-19-22-25(27)26-23-24-20-17-16-18-21-24/h24H,2-23H2,1H3,(H,26,27). The summed E-state index contributed by atoms with van der Waals surface area (Å²) in [5, 5.41) is 3.16. The maximum Gasteiger partial charge on any atom is 0.220 e. The molecule has 2 nitrogen and oxygen atoms in total. The fourth-order valence-electron chi connectivity index (χ4n) is 4.39. The number of amides is 1. The van der Waals surface area contributed by atoms with E-state index in [-0.39, 0.29) is 5.91 Å². The topological polar surface area (TPSA) is 29.1 Å². The zero-order valence-electron chi connectivity index (χ0n) is 18.5. The zero-order valence-corrected chi connectivity index (χ0v) is 18.5. The van der Waals surface area contributed by atoms with Gasteiger partial charge in [-0.3, -0.25) is 4.79 Å². The second-order valence-electron chi connectivity index (χ2n) is 9.01. The molecule has 0 aromatic carbocycles. The van der Waals surface area contributed by atoms with Gasteiger partial charge < -0.3 is 5.32 Å². The normalized spacial score (nSPS) is 15.1. The molecule has 0 heterocycles. The monoisotopic (exact) mass is 379 g/mol. The minimum absolute atomic E-state index is 0.287. The lowest BCUT2D eigenvalue weighted by Gasteiger charge is -2.21. The predicted octanol–water partition coefficient (Wildman–Crippen LogP) is 7.94. The van der Waals surface area contributed by atoms with Crippen molar-refractivity contribution in [2.75, 3.05) is 6.54 Å². The molecular weight excluding hydrogens is 330 g/mol. The van der Waals surface area contributed by atoms with E-state index in [4.69, 9.17) is 0 Å². The third-order valence-electron chi connectivity index (χ3n) is 6.32. The SMILES string of the molecule is CCCCCCCCCCCCCCCCCC(=O)NCC1CCCCC1. The van der Waals surface area contributed by atoms with Crippen molar-refractivity contribution in [3.8, 4) is 0 Å². The van der Waals surface area contributed by atoms with E-state index in [0.29, 0.717) is 0 Å². The third-order valence-corrected chi connectivity index (χ3v) is 6.32. The van der Waals surface area contributed by atoms with E-state index >= 15 is 0 Å². The number of hydrogen-bond acceptors (Lipinski definition) is 1. The van der Waals surface area contributed by atoms with E-state index < -0.39 is 0 Å². The van der Waals surface area contributed by atoms with Gasteiger partial charge in [-0.2, -0.15) is 0 Å². The van der Waals surface area contributed by atoms with Crippen LogP contribution < -0.4 is 5.32 Å². The van der Waals surface area contributed by atoms with Crippen molar-refractivity contribution in [2.24, 2.45) is 5.92 Å². The van der Waals surface area contributed by atoms with E-state index in [1.807, 2.05) is 0 Å². The van der Waals surface area contributed by atoms with Crippen molar-refractivity contribution in [3.63, 3.8) is 0 Å². The average Bonchev–Trinajstić information content (AvgIpc) is 2.70. The highest BCUT2D eigenvalue weighted by Gasteiger charge is 2.13. The second kappa shape index (κ2) is 18.8. The van der Waals surface area contributed by atoms with Crippen LogP contribution in [0.4, 0.5) is 0 Å². The van der Waals surface area contributed by atoms with Crippen LogP contribution in [0.2, 0.25) is 0 Å². The Morgan fingerprint density at radius 3 is 1.59 bits per heavy atom. The Hall–Kier alpha value is -0.530. The average molecular weight is 380 g/mol. The molecule has 160 valence electrons. The minimum Gasteiger partial charge on any atom is -0.356 e. The summed E-state index contributed by atoms with van der Waals surface area (Å²) in [4.78, 5) is 11.9. The lowest BCUT2D eigenvalue weighted by Crippen LogP contribution is -2.29. The molecule has 1 fully saturated rings. The number of carbonyl (C=O) groups is 1. The summed E-state index contributed by atoms with van der Waals surface area (Å²) in [5.41, 5.74) is 0. The van der Waals surface area contributed by atoms with Gasteiger partial charge in [0, 0.05) is 13.0 Å². The maximum absolute atomic E-state index is 11.9. The van der Waals surface area contributed by atoms with Crippen LogP contribution in [0.3, 0.4) is 0 Å². The third kappa shape index (κ3) is 16.2. The van der Waals surface area contributed by atoms with Gasteiger partial charge in [-0.05, 0) is 25.2 Å². The molecule has 27 heavy (non-hydrogen) atoms. The Morgan fingerprint density at radius 1 is 0.667 bits per heavy atom. The Balaban J connectivity index is 1.73. The Bertz CT molecular complexity index is 322. The van der Waals surface area contributed by atoms with Gasteiger partial charge >= 0.3 is 0 Å². The lowest BCUT2D eigenvalue weighted by atomic mass is 9.89. The molecule has 1 amide bonds. The molecule has 0 atom stereocenters. The van der Waals surface area contributed by atoms with E-state index in [9.17, 15) is 4.79 Å². The minimum atomic E-state index is 0.287. The summed E-state index contributed by atoms with van der Waals surface area (Å²) in [7, 11) is 0. The molecule has 0 unspecified atom stereocenters. The number of hydrogen-bond donors (Lipinski definition) is 1. The molecule has 0 bridgehead atoms. The first-order valence-electron chi connectivity index (χ1n) is 12.6. The Labute approximate surface area is 170 Å². The largest absolute Gasteiger partial charge is 0.356 e. The van der Waals surface area contributed by atoms with E-state index in [1.165, 1.54) is 122 Å². The van der Waals surface area contributed by atoms with Crippen LogP contribution in [-0.4, -0.2) is 12.5 Å². The highest BCUT2D eigenvalue weighted by molar-refractivity contribution is 5.75. The highest BCUT2D eigenvalue weighted by atomic mass is 16.1. The van der Waals surface area contributed by atoms with Crippen LogP contribution in [0, 0.1) is 5.92 Å². The molecule has 0 aliphatic heterocycles. The van der Waals surface area contributed by atoms with Crippen LogP contribution in [0.25, 0.3) is 0 Å². The molecule has 1 aliphatic rings. The number of rotatable bonds is 18. The first-order valence-corrected chi connectivity index (χ1v) is 12.6. The predicted molar refractivity (Wildman–Crippen MR) is 119 cm³/mol. The molecule has 2 heteroatoms. The van der Waals surface area contributed by atoms with Crippen molar-refractivity contribution in [1.29, 1.82) is 0 Å². The molecule has 0 aromatic rings. The summed E-state index contributed by atoms with van der Waals surface area (Å²) in [6.45, 7) is 3.22. The first kappa shape index (κ1) is 24.5. The van der Waals surface area contributed by atoms with Crippen LogP contribution >= 0.6 is 0 Å². The van der Waals surface area contributed by atoms with Crippen LogP contribution in [0.15, 0.2) is 0 Å². The van der Waals surface area contributed by atoms with Crippen molar-refractivity contribution in [3.05, 3.63) is 0 Å². The molecule has 1 aliphatic carbocycles. The van der Waals surface area contributed by atoms with E-state index in [1.54, 1.807) is 0 Å². The maximum atomic E-state index is 11.9. The summed E-state index contributed by atoms with van der Waals surface area (Å²) in [6, 6.07) is 0. The zero-order chi connectivity index (χ0) is 19.4. The van der Waals surface area contributed by atoms with Gasteiger partial charge in [0.25, 0.3) is 0 Å². The summed E-state index contributed by atoms with van der Waals surface area (Å²) < 4.78 is 0. The van der Waals surface area contributed by atoms with E-state index in [2.05, 4.69) is 12.2 Å². The summed E-state index contributed by atoms with van der Waals surface area (Å²) >= 11 is 0. The fraction of sp³-hybridized carbons (Fsp3) is 0.960. The molecule has 0 aromatic heterocycles. The smallest absolute Gasteiger partial charge is 0.220 e. The second-order valence-corrected chi connectivity index (χ2v) is 9.01. The molecule has 1 N–H and O–H groups in total. The van der Waals surface area contributed by atoms with Gasteiger partial charge in [0.1, 0.15) is 0 Å². The molecule has 0 radical (unpaired) electrons. The first-order chi connectivity index (χ1) is 13.3. The van der Waals surface area contributed by atoms with Crippen molar-refractivity contribution < 1.29 is 4.79 Å². The van der Waals surface area contributed by atoms with Crippen molar-refractivity contribution in [1.82, 2.24) is 5.32 Å². The Kier molecular flexibility index (Phi) is 17.1. The van der Waals surface area contributed by atoms with E-state index in [0.717, 1.165) is 25.3 Å². The quantitative estimate of drug-likeness (QED) is 0.240. The molecular formula is C25H49NO. The van der Waals surface area contributed by atoms with Crippen LogP contribution in [0.5, 0.6) is 0 Å². The summed E-state index contributed by atoms with van der Waals surface area (Å²) in [6.07, 6.45) is 28.2. The van der Waals surface area contributed by atoms with Gasteiger partial charge in [-0.1, -0.05) is 116 Å². The number of carbonyl (C=O) groups excluding carboxylic acids is 1. The molecule has 1 rings (SSSR count). The molecule has 0 saturated heterocycles. The Morgan fingerprint density at radius 2 is 1.11 bits per heavy atom.